The summed E-state index contributed by atoms with van der Waals surface area (Å²) in [5.41, 5.74) is 2.36. The van der Waals surface area contributed by atoms with Crippen molar-refractivity contribution >= 4 is 11.7 Å². The Kier molecular flexibility index (Phi) is 5.76. The number of nitrogens with zero attached hydrogens (tertiary/aromatic N) is 2. The molecular weight excluding hydrogens is 345 g/mol. The Labute approximate surface area is 156 Å². The average Bonchev–Trinajstić information content (AvgIpc) is 3.21. The predicted octanol–water partition coefficient (Wildman–Crippen LogP) is 3.85. The van der Waals surface area contributed by atoms with Gasteiger partial charge in [-0.25, -0.2) is 9.37 Å². The highest BCUT2D eigenvalue weighted by atomic mass is 19.1. The van der Waals surface area contributed by atoms with Gasteiger partial charge in [-0.1, -0.05) is 12.1 Å². The first-order valence-electron chi connectivity index (χ1n) is 8.69. The molecule has 0 spiro atoms. The van der Waals surface area contributed by atoms with Crippen molar-refractivity contribution in [3.05, 3.63) is 84.2 Å². The number of ketones is 1. The van der Waals surface area contributed by atoms with E-state index in [1.165, 1.54) is 24.3 Å². The number of Topliss-reactive ketones (excluding diaryl/α,β-unsaturated/α-hetero) is 1. The van der Waals surface area contributed by atoms with Crippen LogP contribution >= 0.6 is 0 Å². The highest BCUT2D eigenvalue weighted by Crippen LogP contribution is 2.16. The molecule has 0 aliphatic rings. The number of hydrogen-bond donors (Lipinski definition) is 1. The van der Waals surface area contributed by atoms with E-state index in [4.69, 9.17) is 0 Å². The molecule has 0 aliphatic heterocycles. The molecule has 0 aliphatic carbocycles. The molecule has 1 aromatic heterocycles. The molecule has 1 heterocycles. The summed E-state index contributed by atoms with van der Waals surface area (Å²) in [5, 5.41) is 2.90. The molecule has 1 amide bonds. The highest BCUT2D eigenvalue weighted by Gasteiger charge is 2.13. The van der Waals surface area contributed by atoms with E-state index in [9.17, 15) is 14.0 Å². The van der Waals surface area contributed by atoms with Gasteiger partial charge in [0.15, 0.2) is 5.78 Å². The van der Waals surface area contributed by atoms with Crippen molar-refractivity contribution in [1.82, 2.24) is 14.9 Å². The summed E-state index contributed by atoms with van der Waals surface area (Å²) in [7, 11) is 0. The van der Waals surface area contributed by atoms with Crippen molar-refractivity contribution in [2.45, 2.75) is 25.8 Å². The van der Waals surface area contributed by atoms with Crippen molar-refractivity contribution < 1.29 is 14.0 Å². The third-order valence-corrected chi connectivity index (χ3v) is 4.32. The maximum Gasteiger partial charge on any atom is 0.220 e. The topological polar surface area (TPSA) is 64.0 Å². The van der Waals surface area contributed by atoms with Crippen LogP contribution in [-0.4, -0.2) is 21.2 Å². The van der Waals surface area contributed by atoms with Crippen molar-refractivity contribution in [3.63, 3.8) is 0 Å². The first-order valence-corrected chi connectivity index (χ1v) is 8.69. The maximum atomic E-state index is 12.9. The number of rotatable bonds is 7. The summed E-state index contributed by atoms with van der Waals surface area (Å²) in [4.78, 5) is 28.2. The minimum absolute atomic E-state index is 0.0871. The van der Waals surface area contributed by atoms with E-state index in [1.54, 1.807) is 12.5 Å². The summed E-state index contributed by atoms with van der Waals surface area (Å²) in [6.45, 7) is 1.89. The monoisotopic (exact) mass is 365 g/mol. The van der Waals surface area contributed by atoms with E-state index >= 15 is 0 Å². The van der Waals surface area contributed by atoms with Gasteiger partial charge in [-0.05, 0) is 48.9 Å². The highest BCUT2D eigenvalue weighted by molar-refractivity contribution is 5.97. The molecule has 0 bridgehead atoms. The van der Waals surface area contributed by atoms with Crippen molar-refractivity contribution in [2.75, 3.05) is 0 Å². The Morgan fingerprint density at radius 1 is 1.07 bits per heavy atom. The summed E-state index contributed by atoms with van der Waals surface area (Å²) < 4.78 is 14.8. The van der Waals surface area contributed by atoms with Crippen LogP contribution in [0.5, 0.6) is 0 Å². The minimum Gasteiger partial charge on any atom is -0.350 e. The Bertz CT molecular complexity index is 904. The van der Waals surface area contributed by atoms with Gasteiger partial charge in [0.05, 0.1) is 12.4 Å². The fourth-order valence-corrected chi connectivity index (χ4v) is 2.75. The lowest BCUT2D eigenvalue weighted by Crippen LogP contribution is -2.27. The Morgan fingerprint density at radius 3 is 2.41 bits per heavy atom. The predicted molar refractivity (Wildman–Crippen MR) is 100 cm³/mol. The first kappa shape index (κ1) is 18.5. The number of carbonyl (C=O) groups excluding carboxylic acids is 2. The summed E-state index contributed by atoms with van der Waals surface area (Å²) in [6, 6.07) is 13.0. The molecule has 1 N–H and O–H groups in total. The normalized spacial score (nSPS) is 11.8. The van der Waals surface area contributed by atoms with Crippen molar-refractivity contribution in [1.29, 1.82) is 0 Å². The third-order valence-electron chi connectivity index (χ3n) is 4.32. The van der Waals surface area contributed by atoms with Crippen molar-refractivity contribution in [2.24, 2.45) is 0 Å². The number of hydrogen-bond acceptors (Lipinski definition) is 3. The minimum atomic E-state index is -0.392. The van der Waals surface area contributed by atoms with Gasteiger partial charge in [0.25, 0.3) is 0 Å². The van der Waals surface area contributed by atoms with Crippen LogP contribution in [0, 0.1) is 5.82 Å². The van der Waals surface area contributed by atoms with E-state index in [0.717, 1.165) is 11.3 Å². The van der Waals surface area contributed by atoms with Gasteiger partial charge in [-0.2, -0.15) is 0 Å². The van der Waals surface area contributed by atoms with E-state index < -0.39 is 5.82 Å². The number of aromatic nitrogens is 2. The van der Waals surface area contributed by atoms with Gasteiger partial charge < -0.3 is 9.88 Å². The first-order chi connectivity index (χ1) is 13.0. The lowest BCUT2D eigenvalue weighted by molar-refractivity contribution is -0.121. The zero-order chi connectivity index (χ0) is 19.2. The number of halogens is 1. The maximum absolute atomic E-state index is 12.9. The van der Waals surface area contributed by atoms with Gasteiger partial charge in [-0.3, -0.25) is 9.59 Å². The molecule has 6 heteroatoms. The molecule has 3 rings (SSSR count). The van der Waals surface area contributed by atoms with Crippen LogP contribution in [0.15, 0.2) is 67.3 Å². The summed E-state index contributed by atoms with van der Waals surface area (Å²) in [6.07, 6.45) is 5.47. The standard InChI is InChI=1S/C21H20FN3O2/c1-15(16-4-8-19(9-5-16)25-13-12-23-14-25)24-21(27)11-10-20(26)17-2-6-18(22)7-3-17/h2-9,12-15H,10-11H2,1H3,(H,24,27)/t15-/m1/s1. The molecule has 5 nitrogen and oxygen atoms in total. The van der Waals surface area contributed by atoms with Gasteiger partial charge >= 0.3 is 0 Å². The van der Waals surface area contributed by atoms with Crippen molar-refractivity contribution in [3.8, 4) is 5.69 Å². The van der Waals surface area contributed by atoms with E-state index in [2.05, 4.69) is 10.3 Å². The van der Waals surface area contributed by atoms with Crippen LogP contribution in [-0.2, 0) is 4.79 Å². The molecule has 0 fully saturated rings. The number of imidazole rings is 1. The number of nitrogens with one attached hydrogen (secondary N) is 1. The van der Waals surface area contributed by atoms with E-state index in [0.29, 0.717) is 5.56 Å². The van der Waals surface area contributed by atoms with Crippen LogP contribution < -0.4 is 5.32 Å². The zero-order valence-corrected chi connectivity index (χ0v) is 14.9. The molecular formula is C21H20FN3O2. The quantitative estimate of drug-likeness (QED) is 0.647. The average molecular weight is 365 g/mol. The Balaban J connectivity index is 1.51. The fraction of sp³-hybridized carbons (Fsp3) is 0.190. The van der Waals surface area contributed by atoms with Gasteiger partial charge in [-0.15, -0.1) is 0 Å². The number of amides is 1. The summed E-state index contributed by atoms with van der Waals surface area (Å²) in [5.74, 6) is -0.767. The molecule has 3 aromatic rings. The third kappa shape index (κ3) is 4.88. The number of benzene rings is 2. The van der Waals surface area contributed by atoms with Crippen LogP contribution in [0.2, 0.25) is 0 Å². The second-order valence-corrected chi connectivity index (χ2v) is 6.28. The number of carbonyl (C=O) groups is 2. The molecule has 138 valence electrons. The fourth-order valence-electron chi connectivity index (χ4n) is 2.75. The van der Waals surface area contributed by atoms with E-state index in [-0.39, 0.29) is 30.6 Å². The van der Waals surface area contributed by atoms with Gasteiger partial charge in [0.2, 0.25) is 5.91 Å². The van der Waals surface area contributed by atoms with Crippen LogP contribution in [0.1, 0.15) is 41.7 Å². The molecule has 0 radical (unpaired) electrons. The second kappa shape index (κ2) is 8.40. The molecule has 0 saturated heterocycles. The largest absolute Gasteiger partial charge is 0.350 e. The van der Waals surface area contributed by atoms with Crippen LogP contribution in [0.4, 0.5) is 4.39 Å². The van der Waals surface area contributed by atoms with E-state index in [1.807, 2.05) is 42.0 Å². The van der Waals surface area contributed by atoms with Gasteiger partial charge in [0.1, 0.15) is 5.82 Å². The summed E-state index contributed by atoms with van der Waals surface area (Å²) >= 11 is 0. The van der Waals surface area contributed by atoms with Crippen LogP contribution in [0.25, 0.3) is 5.69 Å². The molecule has 1 atom stereocenters. The molecule has 0 saturated carbocycles. The smallest absolute Gasteiger partial charge is 0.220 e. The second-order valence-electron chi connectivity index (χ2n) is 6.28. The molecule has 27 heavy (non-hydrogen) atoms. The Hall–Kier alpha value is -3.28. The lowest BCUT2D eigenvalue weighted by Gasteiger charge is -2.15. The lowest BCUT2D eigenvalue weighted by atomic mass is 10.1. The van der Waals surface area contributed by atoms with Gasteiger partial charge in [0, 0.05) is 36.5 Å². The SMILES string of the molecule is C[C@@H](NC(=O)CCC(=O)c1ccc(F)cc1)c1ccc(-n2ccnc2)cc1. The molecule has 0 unspecified atom stereocenters. The van der Waals surface area contributed by atoms with Crippen LogP contribution in [0.3, 0.4) is 0 Å². The Morgan fingerprint density at radius 2 is 1.78 bits per heavy atom. The zero-order valence-electron chi connectivity index (χ0n) is 14.9. The molecule has 2 aromatic carbocycles.